The van der Waals surface area contributed by atoms with Gasteiger partial charge in [-0.1, -0.05) is 23.9 Å². The molecule has 1 aromatic heterocycles. The van der Waals surface area contributed by atoms with Gasteiger partial charge in [-0.15, -0.1) is 0 Å². The van der Waals surface area contributed by atoms with Gasteiger partial charge >= 0.3 is 0 Å². The third-order valence-corrected chi connectivity index (χ3v) is 5.70. The van der Waals surface area contributed by atoms with E-state index in [1.54, 1.807) is 17.7 Å². The van der Waals surface area contributed by atoms with E-state index in [4.69, 9.17) is 0 Å². The maximum absolute atomic E-state index is 12.8. The first-order valence-corrected chi connectivity index (χ1v) is 10.2. The third-order valence-electron chi connectivity index (χ3n) is 4.76. The Morgan fingerprint density at radius 3 is 2.70 bits per heavy atom. The van der Waals surface area contributed by atoms with Gasteiger partial charge in [0.1, 0.15) is 0 Å². The molecule has 0 bridgehead atoms. The number of carbonyl (C=O) groups is 2. The fourth-order valence-corrected chi connectivity index (χ4v) is 3.93. The number of fused-ring (bicyclic) bond motifs is 1. The maximum atomic E-state index is 12.8. The number of rotatable bonds is 7. The van der Waals surface area contributed by atoms with E-state index in [0.29, 0.717) is 16.1 Å². The van der Waals surface area contributed by atoms with Crippen LogP contribution in [0, 0.1) is 0 Å². The van der Waals surface area contributed by atoms with E-state index in [1.165, 1.54) is 16.7 Å². The first kappa shape index (κ1) is 18.0. The van der Waals surface area contributed by atoms with Crippen LogP contribution in [0.3, 0.4) is 0 Å². The number of hydrogen-bond acceptors (Lipinski definition) is 5. The Kier molecular flexibility index (Phi) is 4.90. The van der Waals surface area contributed by atoms with Crippen LogP contribution >= 0.6 is 11.8 Å². The largest absolute Gasteiger partial charge is 0.352 e. The molecule has 142 valence electrons. The quantitative estimate of drug-likeness (QED) is 0.577. The van der Waals surface area contributed by atoms with Crippen molar-refractivity contribution in [2.75, 3.05) is 19.3 Å². The number of para-hydroxylation sites is 1. The van der Waals surface area contributed by atoms with E-state index in [0.717, 1.165) is 25.7 Å². The number of amides is 2. The number of thioether (sulfide) groups is 1. The second kappa shape index (κ2) is 7.34. The second-order valence-electron chi connectivity index (χ2n) is 7.20. The van der Waals surface area contributed by atoms with Gasteiger partial charge in [0.2, 0.25) is 11.8 Å². The van der Waals surface area contributed by atoms with Crippen LogP contribution < -0.4 is 10.9 Å². The van der Waals surface area contributed by atoms with E-state index in [9.17, 15) is 14.4 Å². The zero-order valence-electron chi connectivity index (χ0n) is 15.2. The summed E-state index contributed by atoms with van der Waals surface area (Å²) >= 11 is 1.26. The highest BCUT2D eigenvalue weighted by Gasteiger charge is 2.29. The molecule has 1 aromatic carbocycles. The summed E-state index contributed by atoms with van der Waals surface area (Å²) in [5, 5.41) is 4.06. The zero-order valence-corrected chi connectivity index (χ0v) is 16.0. The molecule has 7 nitrogen and oxygen atoms in total. The van der Waals surface area contributed by atoms with Crippen LogP contribution in [0.2, 0.25) is 0 Å². The molecule has 2 saturated carbocycles. The van der Waals surface area contributed by atoms with Gasteiger partial charge in [0, 0.05) is 19.1 Å². The SMILES string of the molecule is CN(CC(=O)NC1CC1)C(=O)CSc1nc2ccccc2c(=O)n1C1CC1. The highest BCUT2D eigenvalue weighted by atomic mass is 32.2. The van der Waals surface area contributed by atoms with Crippen LogP contribution in [0.25, 0.3) is 10.9 Å². The number of benzene rings is 1. The molecule has 2 amide bonds. The van der Waals surface area contributed by atoms with Crippen LogP contribution in [0.4, 0.5) is 0 Å². The number of carbonyl (C=O) groups excluding carboxylic acids is 2. The number of hydrogen-bond donors (Lipinski definition) is 1. The molecule has 2 aliphatic carbocycles. The molecule has 0 radical (unpaired) electrons. The van der Waals surface area contributed by atoms with Crippen LogP contribution in [-0.4, -0.2) is 51.7 Å². The smallest absolute Gasteiger partial charge is 0.262 e. The maximum Gasteiger partial charge on any atom is 0.262 e. The van der Waals surface area contributed by atoms with E-state index in [2.05, 4.69) is 10.3 Å². The Hall–Kier alpha value is -2.35. The monoisotopic (exact) mass is 386 g/mol. The molecule has 4 rings (SSSR count). The lowest BCUT2D eigenvalue weighted by molar-refractivity contribution is -0.132. The van der Waals surface area contributed by atoms with E-state index < -0.39 is 0 Å². The first-order chi connectivity index (χ1) is 13.0. The Balaban J connectivity index is 1.46. The predicted octanol–water partition coefficient (Wildman–Crippen LogP) is 1.56. The van der Waals surface area contributed by atoms with Crippen molar-refractivity contribution in [3.63, 3.8) is 0 Å². The van der Waals surface area contributed by atoms with Gasteiger partial charge in [0.25, 0.3) is 5.56 Å². The molecule has 2 aliphatic rings. The lowest BCUT2D eigenvalue weighted by Crippen LogP contribution is -2.39. The molecule has 0 atom stereocenters. The molecular formula is C19H22N4O3S. The van der Waals surface area contributed by atoms with Gasteiger partial charge in [-0.25, -0.2) is 4.98 Å². The standard InChI is InChI=1S/C19H22N4O3S/c1-22(10-16(24)20-12-6-7-12)17(25)11-27-19-21-15-5-3-2-4-14(15)18(26)23(19)13-8-9-13/h2-5,12-13H,6-11H2,1H3,(H,20,24). The highest BCUT2D eigenvalue weighted by molar-refractivity contribution is 7.99. The normalized spacial score (nSPS) is 16.3. The van der Waals surface area contributed by atoms with Crippen LogP contribution in [0.1, 0.15) is 31.7 Å². The molecule has 0 unspecified atom stereocenters. The van der Waals surface area contributed by atoms with Crippen molar-refractivity contribution in [1.29, 1.82) is 0 Å². The Morgan fingerprint density at radius 2 is 2.00 bits per heavy atom. The van der Waals surface area contributed by atoms with E-state index >= 15 is 0 Å². The first-order valence-electron chi connectivity index (χ1n) is 9.20. The second-order valence-corrected chi connectivity index (χ2v) is 8.14. The van der Waals surface area contributed by atoms with Crippen molar-refractivity contribution in [3.05, 3.63) is 34.6 Å². The van der Waals surface area contributed by atoms with Gasteiger partial charge in [0.15, 0.2) is 5.16 Å². The molecular weight excluding hydrogens is 364 g/mol. The van der Waals surface area contributed by atoms with E-state index in [-0.39, 0.29) is 41.8 Å². The van der Waals surface area contributed by atoms with Crippen LogP contribution in [0.5, 0.6) is 0 Å². The fraction of sp³-hybridized carbons (Fsp3) is 0.474. The van der Waals surface area contributed by atoms with Crippen molar-refractivity contribution in [3.8, 4) is 0 Å². The number of likely N-dealkylation sites (N-methyl/N-ethyl adjacent to an activating group) is 1. The molecule has 1 N–H and O–H groups in total. The summed E-state index contributed by atoms with van der Waals surface area (Å²) in [6.07, 6.45) is 3.96. The highest BCUT2D eigenvalue weighted by Crippen LogP contribution is 2.36. The van der Waals surface area contributed by atoms with Crippen molar-refractivity contribution in [1.82, 2.24) is 19.8 Å². The summed E-state index contributed by atoms with van der Waals surface area (Å²) in [6, 6.07) is 7.74. The average molecular weight is 386 g/mol. The minimum absolute atomic E-state index is 0.0461. The lowest BCUT2D eigenvalue weighted by Gasteiger charge is -2.17. The van der Waals surface area contributed by atoms with Crippen molar-refractivity contribution in [2.24, 2.45) is 0 Å². The molecule has 0 spiro atoms. The Bertz CT molecular complexity index is 950. The molecule has 0 aliphatic heterocycles. The molecule has 27 heavy (non-hydrogen) atoms. The summed E-state index contributed by atoms with van der Waals surface area (Å²) < 4.78 is 1.72. The van der Waals surface area contributed by atoms with Crippen molar-refractivity contribution >= 4 is 34.5 Å². The minimum Gasteiger partial charge on any atom is -0.352 e. The molecule has 2 fully saturated rings. The predicted molar refractivity (Wildman–Crippen MR) is 104 cm³/mol. The lowest BCUT2D eigenvalue weighted by atomic mass is 10.2. The van der Waals surface area contributed by atoms with Gasteiger partial charge in [-0.05, 0) is 37.8 Å². The summed E-state index contributed by atoms with van der Waals surface area (Å²) in [5.41, 5.74) is 0.599. The Labute approximate surface area is 161 Å². The Morgan fingerprint density at radius 1 is 1.26 bits per heavy atom. The van der Waals surface area contributed by atoms with Gasteiger partial charge < -0.3 is 10.2 Å². The number of aromatic nitrogens is 2. The summed E-state index contributed by atoms with van der Waals surface area (Å²) in [7, 11) is 1.62. The molecule has 1 heterocycles. The van der Waals surface area contributed by atoms with Gasteiger partial charge in [0.05, 0.1) is 23.2 Å². The number of nitrogens with one attached hydrogen (secondary N) is 1. The van der Waals surface area contributed by atoms with Crippen molar-refractivity contribution < 1.29 is 9.59 Å². The summed E-state index contributed by atoms with van der Waals surface area (Å²) in [6.45, 7) is 0.0521. The molecule has 2 aromatic rings. The molecule has 8 heteroatoms. The summed E-state index contributed by atoms with van der Waals surface area (Å²) in [5.74, 6) is -0.141. The van der Waals surface area contributed by atoms with Gasteiger partial charge in [-0.3, -0.25) is 19.0 Å². The third kappa shape index (κ3) is 4.16. The summed E-state index contributed by atoms with van der Waals surface area (Å²) in [4.78, 5) is 43.1. The van der Waals surface area contributed by atoms with E-state index in [1.807, 2.05) is 18.2 Å². The zero-order chi connectivity index (χ0) is 19.0. The van der Waals surface area contributed by atoms with Crippen LogP contribution in [-0.2, 0) is 9.59 Å². The number of nitrogens with zero attached hydrogens (tertiary/aromatic N) is 3. The average Bonchev–Trinajstić information content (AvgIpc) is 3.55. The van der Waals surface area contributed by atoms with Crippen LogP contribution in [0.15, 0.2) is 34.2 Å². The topological polar surface area (TPSA) is 84.3 Å². The van der Waals surface area contributed by atoms with Crippen molar-refractivity contribution in [2.45, 2.75) is 42.9 Å². The minimum atomic E-state index is -0.157. The molecule has 0 saturated heterocycles. The van der Waals surface area contributed by atoms with Gasteiger partial charge in [-0.2, -0.15) is 0 Å². The fourth-order valence-electron chi connectivity index (χ4n) is 2.92.